The largest absolute Gasteiger partial charge is 0.367 e. The Morgan fingerprint density at radius 2 is 2.10 bits per heavy atom. The fourth-order valence-electron chi connectivity index (χ4n) is 2.97. The number of thiazole rings is 1. The van der Waals surface area contributed by atoms with Crippen LogP contribution in [0.4, 0.5) is 5.82 Å². The van der Waals surface area contributed by atoms with Gasteiger partial charge in [-0.15, -0.1) is 11.3 Å². The molecule has 0 aliphatic heterocycles. The molecule has 1 N–H and O–H groups in total. The third-order valence-corrected chi connectivity index (χ3v) is 4.79. The SMILES string of the molecule is c1cn2c(NC3CCCCC3)c(-c3nccs3)nc2cn1. The molecule has 0 unspecified atom stereocenters. The lowest BCUT2D eigenvalue weighted by molar-refractivity contribution is 0.461. The van der Waals surface area contributed by atoms with E-state index < -0.39 is 0 Å². The van der Waals surface area contributed by atoms with Crippen molar-refractivity contribution in [3.05, 3.63) is 30.2 Å². The van der Waals surface area contributed by atoms with Gasteiger partial charge in [-0.1, -0.05) is 19.3 Å². The van der Waals surface area contributed by atoms with Gasteiger partial charge in [0.1, 0.15) is 16.5 Å². The molecule has 1 aliphatic rings. The van der Waals surface area contributed by atoms with Crippen molar-refractivity contribution in [3.8, 4) is 10.7 Å². The summed E-state index contributed by atoms with van der Waals surface area (Å²) in [6.07, 6.45) is 13.8. The van der Waals surface area contributed by atoms with Crippen LogP contribution in [0.15, 0.2) is 30.2 Å². The first-order valence-electron chi connectivity index (χ1n) is 7.40. The molecule has 0 bridgehead atoms. The molecule has 4 rings (SSSR count). The van der Waals surface area contributed by atoms with Gasteiger partial charge < -0.3 is 5.32 Å². The molecule has 6 heteroatoms. The highest BCUT2D eigenvalue weighted by molar-refractivity contribution is 7.13. The molecule has 1 saturated carbocycles. The first-order valence-corrected chi connectivity index (χ1v) is 8.28. The number of rotatable bonds is 3. The van der Waals surface area contributed by atoms with Crippen LogP contribution in [0.25, 0.3) is 16.3 Å². The second-order valence-electron chi connectivity index (χ2n) is 5.43. The summed E-state index contributed by atoms with van der Waals surface area (Å²) < 4.78 is 2.08. The maximum atomic E-state index is 4.71. The summed E-state index contributed by atoms with van der Waals surface area (Å²) >= 11 is 1.62. The van der Waals surface area contributed by atoms with E-state index in [2.05, 4.69) is 19.7 Å². The standard InChI is InChI=1S/C15H17N5S/c1-2-4-11(5-3-1)18-14-13(15-17-7-9-21-15)19-12-10-16-6-8-20(12)14/h6-11,18H,1-5H2. The lowest BCUT2D eigenvalue weighted by Gasteiger charge is -2.23. The fraction of sp³-hybridized carbons (Fsp3) is 0.400. The molecule has 21 heavy (non-hydrogen) atoms. The van der Waals surface area contributed by atoms with Crippen LogP contribution in [0.5, 0.6) is 0 Å². The lowest BCUT2D eigenvalue weighted by Crippen LogP contribution is -2.23. The van der Waals surface area contributed by atoms with Gasteiger partial charge in [0.25, 0.3) is 0 Å². The average molecular weight is 299 g/mol. The molecule has 3 aromatic rings. The number of fused-ring (bicyclic) bond motifs is 1. The predicted molar refractivity (Wildman–Crippen MR) is 84.6 cm³/mol. The van der Waals surface area contributed by atoms with Gasteiger partial charge in [-0.05, 0) is 12.8 Å². The normalized spacial score (nSPS) is 16.4. The van der Waals surface area contributed by atoms with Gasteiger partial charge in [-0.3, -0.25) is 9.38 Å². The monoisotopic (exact) mass is 299 g/mol. The Bertz CT molecular complexity index is 728. The van der Waals surface area contributed by atoms with Crippen molar-refractivity contribution in [2.75, 3.05) is 5.32 Å². The van der Waals surface area contributed by atoms with E-state index in [9.17, 15) is 0 Å². The summed E-state index contributed by atoms with van der Waals surface area (Å²) in [6.45, 7) is 0. The zero-order chi connectivity index (χ0) is 14.1. The van der Waals surface area contributed by atoms with Crippen molar-refractivity contribution in [1.82, 2.24) is 19.4 Å². The Morgan fingerprint density at radius 3 is 2.90 bits per heavy atom. The van der Waals surface area contributed by atoms with Crippen molar-refractivity contribution in [2.24, 2.45) is 0 Å². The van der Waals surface area contributed by atoms with Crippen LogP contribution in [0.3, 0.4) is 0 Å². The number of imidazole rings is 1. The van der Waals surface area contributed by atoms with Gasteiger partial charge in [0.15, 0.2) is 5.65 Å². The first-order chi connectivity index (χ1) is 10.4. The van der Waals surface area contributed by atoms with E-state index in [1.54, 1.807) is 23.7 Å². The molecule has 3 aromatic heterocycles. The first kappa shape index (κ1) is 12.8. The summed E-state index contributed by atoms with van der Waals surface area (Å²) in [4.78, 5) is 13.3. The maximum absolute atomic E-state index is 4.71. The van der Waals surface area contributed by atoms with Crippen molar-refractivity contribution in [2.45, 2.75) is 38.1 Å². The molecule has 3 heterocycles. The lowest BCUT2D eigenvalue weighted by atomic mass is 9.95. The molecule has 5 nitrogen and oxygen atoms in total. The molecule has 0 spiro atoms. The molecular formula is C15H17N5S. The number of anilines is 1. The number of hydrogen-bond donors (Lipinski definition) is 1. The van der Waals surface area contributed by atoms with Crippen molar-refractivity contribution in [3.63, 3.8) is 0 Å². The summed E-state index contributed by atoms with van der Waals surface area (Å²) in [7, 11) is 0. The van der Waals surface area contributed by atoms with Gasteiger partial charge in [-0.2, -0.15) is 0 Å². The van der Waals surface area contributed by atoms with Crippen LogP contribution < -0.4 is 5.32 Å². The van der Waals surface area contributed by atoms with Crippen LogP contribution >= 0.6 is 11.3 Å². The Balaban J connectivity index is 1.78. The van der Waals surface area contributed by atoms with Gasteiger partial charge in [0.05, 0.1) is 6.20 Å². The number of nitrogens with zero attached hydrogens (tertiary/aromatic N) is 4. The van der Waals surface area contributed by atoms with E-state index in [0.29, 0.717) is 6.04 Å². The van der Waals surface area contributed by atoms with Gasteiger partial charge in [0.2, 0.25) is 0 Å². The fourth-order valence-corrected chi connectivity index (χ4v) is 3.60. The smallest absolute Gasteiger partial charge is 0.157 e. The number of hydrogen-bond acceptors (Lipinski definition) is 5. The quantitative estimate of drug-likeness (QED) is 0.803. The second kappa shape index (κ2) is 5.44. The molecule has 108 valence electrons. The number of nitrogens with one attached hydrogen (secondary N) is 1. The van der Waals surface area contributed by atoms with Gasteiger partial charge in [-0.25, -0.2) is 9.97 Å². The van der Waals surface area contributed by atoms with Crippen LogP contribution in [0, 0.1) is 0 Å². The topological polar surface area (TPSA) is 55.1 Å². The van der Waals surface area contributed by atoms with Crippen molar-refractivity contribution >= 4 is 22.8 Å². The second-order valence-corrected chi connectivity index (χ2v) is 6.32. The third-order valence-electron chi connectivity index (χ3n) is 4.01. The Labute approximate surface area is 127 Å². The van der Waals surface area contributed by atoms with E-state index in [-0.39, 0.29) is 0 Å². The van der Waals surface area contributed by atoms with Crippen LogP contribution in [0.2, 0.25) is 0 Å². The molecule has 0 radical (unpaired) electrons. The zero-order valence-corrected chi connectivity index (χ0v) is 12.5. The molecule has 0 saturated heterocycles. The predicted octanol–water partition coefficient (Wildman–Crippen LogP) is 3.60. The average Bonchev–Trinajstić information content (AvgIpc) is 3.16. The maximum Gasteiger partial charge on any atom is 0.157 e. The summed E-state index contributed by atoms with van der Waals surface area (Å²) in [5, 5.41) is 6.64. The van der Waals surface area contributed by atoms with Crippen molar-refractivity contribution in [1.29, 1.82) is 0 Å². The molecule has 0 atom stereocenters. The van der Waals surface area contributed by atoms with E-state index in [0.717, 1.165) is 22.2 Å². The molecule has 0 amide bonds. The highest BCUT2D eigenvalue weighted by Crippen LogP contribution is 2.32. The minimum atomic E-state index is 0.533. The highest BCUT2D eigenvalue weighted by atomic mass is 32.1. The minimum absolute atomic E-state index is 0.533. The summed E-state index contributed by atoms with van der Waals surface area (Å²) in [6, 6.07) is 0.533. The van der Waals surface area contributed by atoms with Crippen LogP contribution in [0.1, 0.15) is 32.1 Å². The minimum Gasteiger partial charge on any atom is -0.367 e. The molecule has 0 aromatic carbocycles. The van der Waals surface area contributed by atoms with E-state index in [4.69, 9.17) is 4.98 Å². The summed E-state index contributed by atoms with van der Waals surface area (Å²) in [5.41, 5.74) is 1.80. The van der Waals surface area contributed by atoms with E-state index in [1.165, 1.54) is 32.1 Å². The van der Waals surface area contributed by atoms with Crippen molar-refractivity contribution < 1.29 is 0 Å². The van der Waals surface area contributed by atoms with E-state index >= 15 is 0 Å². The third kappa shape index (κ3) is 2.40. The van der Waals surface area contributed by atoms with Crippen LogP contribution in [-0.4, -0.2) is 25.4 Å². The highest BCUT2D eigenvalue weighted by Gasteiger charge is 2.20. The zero-order valence-electron chi connectivity index (χ0n) is 11.7. The molecule has 1 fully saturated rings. The van der Waals surface area contributed by atoms with E-state index in [1.807, 2.05) is 17.8 Å². The molecular weight excluding hydrogens is 282 g/mol. The van der Waals surface area contributed by atoms with Gasteiger partial charge >= 0.3 is 0 Å². The van der Waals surface area contributed by atoms with Crippen LogP contribution in [-0.2, 0) is 0 Å². The number of aromatic nitrogens is 4. The molecule has 1 aliphatic carbocycles. The Hall–Kier alpha value is -1.95. The Morgan fingerprint density at radius 1 is 1.19 bits per heavy atom. The summed E-state index contributed by atoms with van der Waals surface area (Å²) in [5.74, 6) is 1.05. The Kier molecular flexibility index (Phi) is 3.31. The van der Waals surface area contributed by atoms with Gasteiger partial charge in [0, 0.05) is 30.0 Å².